The molecule has 0 radical (unpaired) electrons. The second-order valence-electron chi connectivity index (χ2n) is 16.2. The highest BCUT2D eigenvalue weighted by atomic mass is 35.5. The Hall–Kier alpha value is -3.92. The lowest BCUT2D eigenvalue weighted by Crippen LogP contribution is -2.57. The number of nitrogens with two attached hydrogens (primary N) is 1. The number of carbonyl (C=O) groups excluding carboxylic acids is 3. The molecule has 2 aromatic heterocycles. The fourth-order valence-electron chi connectivity index (χ4n) is 7.62. The number of hydrogen-bond acceptors (Lipinski definition) is 12. The van der Waals surface area contributed by atoms with Crippen molar-refractivity contribution in [2.45, 2.75) is 96.7 Å². The molecule has 3 unspecified atom stereocenters. The number of primary amides is 1. The van der Waals surface area contributed by atoms with Crippen molar-refractivity contribution in [3.63, 3.8) is 0 Å². The molecule has 2 aliphatic carbocycles. The van der Waals surface area contributed by atoms with Gasteiger partial charge in [0.05, 0.1) is 37.0 Å². The van der Waals surface area contributed by atoms with Crippen LogP contribution in [0.25, 0.3) is 22.3 Å². The third-order valence-electron chi connectivity index (χ3n) is 10.5. The molecule has 3 aromatic rings. The molecular weight excluding hydrogens is 734 g/mol. The predicted molar refractivity (Wildman–Crippen MR) is 206 cm³/mol. The van der Waals surface area contributed by atoms with Crippen LogP contribution in [0.15, 0.2) is 23.6 Å². The number of halogens is 1. The number of pyridine rings is 1. The maximum absolute atomic E-state index is 14.3. The highest BCUT2D eigenvalue weighted by Gasteiger charge is 2.48. The molecule has 14 nitrogen and oxygen atoms in total. The number of thiazole rings is 1. The molecule has 4 fully saturated rings. The Labute approximate surface area is 324 Å². The number of aromatic nitrogens is 2. The number of nitrogens with one attached hydrogen (secondary N) is 3. The number of amides is 3. The first-order valence-corrected chi connectivity index (χ1v) is 20.0. The van der Waals surface area contributed by atoms with Crippen molar-refractivity contribution in [1.82, 2.24) is 25.5 Å². The second-order valence-corrected chi connectivity index (χ2v) is 17.5. The molecule has 0 spiro atoms. The standard InChI is InChI=1S/C38H50ClN7O7S/c1-19(2)42-36-44-27(18-54-36)26-14-30(25-6-7-29(31(39)32(25)43-26)51-17-22-16-50-9-8-41-22)52-24-13-28(34(40)47)46(15-24)35(48)33(38(3,4)5)45-37(49)53-23-11-20-10-21(20)12-23/h6-7,14,18-24,28,33,41H,8-13,15-17H2,1-5H3,(H2,40,47)(H,42,44)(H,45,49)/t20-,21+,22?,23?,24?,28-,33+/m0/s1. The van der Waals surface area contributed by atoms with Crippen molar-refractivity contribution >= 4 is 56.9 Å². The summed E-state index contributed by atoms with van der Waals surface area (Å²) in [6, 6.07) is 3.69. The molecule has 2 aliphatic heterocycles. The Balaban J connectivity index is 1.14. The van der Waals surface area contributed by atoms with Crippen LogP contribution in [0, 0.1) is 17.3 Å². The average molecular weight is 784 g/mol. The molecule has 7 rings (SSSR count). The minimum absolute atomic E-state index is 0.0216. The summed E-state index contributed by atoms with van der Waals surface area (Å²) in [6.07, 6.45) is 1.67. The van der Waals surface area contributed by atoms with Crippen molar-refractivity contribution in [2.75, 3.05) is 38.2 Å². The second kappa shape index (κ2) is 15.7. The van der Waals surface area contributed by atoms with Crippen LogP contribution in [0.3, 0.4) is 0 Å². The number of alkyl carbamates (subject to hydrolysis) is 1. The minimum atomic E-state index is -0.971. The van der Waals surface area contributed by atoms with E-state index < -0.39 is 41.5 Å². The van der Waals surface area contributed by atoms with Crippen LogP contribution in [0.1, 0.15) is 60.3 Å². The fraction of sp³-hybridized carbons (Fsp3) is 0.605. The molecule has 1 aromatic carbocycles. The summed E-state index contributed by atoms with van der Waals surface area (Å²) >= 11 is 8.47. The zero-order valence-electron chi connectivity index (χ0n) is 31.4. The number of fused-ring (bicyclic) bond motifs is 2. The Morgan fingerprint density at radius 1 is 1.09 bits per heavy atom. The first-order valence-electron chi connectivity index (χ1n) is 18.8. The Kier molecular flexibility index (Phi) is 11.1. The maximum Gasteiger partial charge on any atom is 0.408 e. The van der Waals surface area contributed by atoms with Gasteiger partial charge in [0, 0.05) is 35.8 Å². The van der Waals surface area contributed by atoms with Gasteiger partial charge in [0.2, 0.25) is 11.8 Å². The van der Waals surface area contributed by atoms with E-state index in [9.17, 15) is 14.4 Å². The molecule has 2 saturated heterocycles. The Morgan fingerprint density at radius 3 is 2.56 bits per heavy atom. The molecule has 0 bridgehead atoms. The van der Waals surface area contributed by atoms with E-state index in [0.717, 1.165) is 24.5 Å². The van der Waals surface area contributed by atoms with Gasteiger partial charge in [-0.25, -0.2) is 14.8 Å². The lowest BCUT2D eigenvalue weighted by Gasteiger charge is -2.35. The van der Waals surface area contributed by atoms with Crippen LogP contribution in [0.4, 0.5) is 9.93 Å². The Morgan fingerprint density at radius 2 is 1.87 bits per heavy atom. The van der Waals surface area contributed by atoms with Gasteiger partial charge in [-0.05, 0) is 62.5 Å². The molecule has 4 heterocycles. The van der Waals surface area contributed by atoms with Gasteiger partial charge in [-0.15, -0.1) is 11.3 Å². The van der Waals surface area contributed by atoms with E-state index in [0.29, 0.717) is 70.5 Å². The highest BCUT2D eigenvalue weighted by Crippen LogP contribution is 2.52. The number of anilines is 1. The zero-order chi connectivity index (χ0) is 38.3. The fourth-order valence-corrected chi connectivity index (χ4v) is 8.73. The number of ether oxygens (including phenoxy) is 4. The SMILES string of the molecule is CC(C)Nc1nc(-c2cc(OC3C[C@@H](C(N)=O)N(C(=O)[C@@H](NC(=O)OC4C[C@@H]5C[C@@H]5C4)C(C)(C)C)C3)c3ccc(OCC4COCCN4)c(Cl)c3n2)cs1. The van der Waals surface area contributed by atoms with E-state index in [-0.39, 0.29) is 31.2 Å². The highest BCUT2D eigenvalue weighted by molar-refractivity contribution is 7.14. The number of rotatable bonds is 12. The van der Waals surface area contributed by atoms with Gasteiger partial charge in [-0.3, -0.25) is 9.59 Å². The minimum Gasteiger partial charge on any atom is -0.490 e. The van der Waals surface area contributed by atoms with Gasteiger partial charge < -0.3 is 45.5 Å². The molecule has 292 valence electrons. The molecule has 2 saturated carbocycles. The molecule has 54 heavy (non-hydrogen) atoms. The van der Waals surface area contributed by atoms with Crippen LogP contribution in [-0.2, 0) is 19.1 Å². The number of carbonyl (C=O) groups is 3. The molecule has 7 atom stereocenters. The van der Waals surface area contributed by atoms with Crippen LogP contribution in [0.5, 0.6) is 11.5 Å². The topological polar surface area (TPSA) is 179 Å². The zero-order valence-corrected chi connectivity index (χ0v) is 32.9. The summed E-state index contributed by atoms with van der Waals surface area (Å²) in [5.41, 5.74) is 6.81. The molecule has 16 heteroatoms. The van der Waals surface area contributed by atoms with Gasteiger partial charge in [0.25, 0.3) is 0 Å². The third-order valence-corrected chi connectivity index (χ3v) is 11.6. The van der Waals surface area contributed by atoms with Crippen LogP contribution in [-0.4, -0.2) is 102 Å². The first-order chi connectivity index (χ1) is 25.7. The predicted octanol–water partition coefficient (Wildman–Crippen LogP) is 4.97. The van der Waals surface area contributed by atoms with Gasteiger partial charge in [0.1, 0.15) is 53.1 Å². The maximum atomic E-state index is 14.3. The summed E-state index contributed by atoms with van der Waals surface area (Å²) in [6.45, 7) is 12.0. The number of hydrogen-bond donors (Lipinski definition) is 4. The van der Waals surface area contributed by atoms with E-state index in [1.807, 2.05) is 46.1 Å². The Bertz CT molecular complexity index is 1870. The van der Waals surface area contributed by atoms with Gasteiger partial charge in [-0.2, -0.15) is 0 Å². The van der Waals surface area contributed by atoms with E-state index in [1.165, 1.54) is 22.7 Å². The van der Waals surface area contributed by atoms with Crippen molar-refractivity contribution in [2.24, 2.45) is 23.0 Å². The summed E-state index contributed by atoms with van der Waals surface area (Å²) < 4.78 is 24.1. The lowest BCUT2D eigenvalue weighted by molar-refractivity contribution is -0.141. The normalized spacial score (nSPS) is 25.6. The number of morpholine rings is 1. The van der Waals surface area contributed by atoms with Crippen LogP contribution < -0.4 is 31.2 Å². The van der Waals surface area contributed by atoms with E-state index in [2.05, 4.69) is 16.0 Å². The van der Waals surface area contributed by atoms with Gasteiger partial charge >= 0.3 is 6.09 Å². The summed E-state index contributed by atoms with van der Waals surface area (Å²) in [7, 11) is 0. The third kappa shape index (κ3) is 8.64. The first kappa shape index (κ1) is 38.4. The summed E-state index contributed by atoms with van der Waals surface area (Å²) in [5, 5.41) is 13.1. The van der Waals surface area contributed by atoms with Gasteiger partial charge in [0.15, 0.2) is 5.13 Å². The van der Waals surface area contributed by atoms with Crippen LogP contribution in [0.2, 0.25) is 5.02 Å². The molecular formula is C38H50ClN7O7S. The van der Waals surface area contributed by atoms with Crippen molar-refractivity contribution in [3.8, 4) is 22.9 Å². The monoisotopic (exact) mass is 783 g/mol. The van der Waals surface area contributed by atoms with E-state index in [1.54, 1.807) is 12.1 Å². The summed E-state index contributed by atoms with van der Waals surface area (Å²) in [4.78, 5) is 51.3. The van der Waals surface area contributed by atoms with E-state index in [4.69, 9.17) is 46.3 Å². The van der Waals surface area contributed by atoms with E-state index >= 15 is 0 Å². The molecule has 5 N–H and O–H groups in total. The largest absolute Gasteiger partial charge is 0.490 e. The molecule has 4 aliphatic rings. The van der Waals surface area contributed by atoms with Gasteiger partial charge in [-0.1, -0.05) is 32.4 Å². The van der Waals surface area contributed by atoms with Crippen molar-refractivity contribution < 1.29 is 33.3 Å². The number of benzene rings is 1. The smallest absolute Gasteiger partial charge is 0.408 e. The summed E-state index contributed by atoms with van der Waals surface area (Å²) in [5.74, 6) is 1.10. The number of nitrogens with zero attached hydrogens (tertiary/aromatic N) is 3. The quantitative estimate of drug-likeness (QED) is 0.195. The van der Waals surface area contributed by atoms with Crippen molar-refractivity contribution in [3.05, 3.63) is 28.6 Å². The average Bonchev–Trinajstić information content (AvgIpc) is 3.45. The lowest BCUT2D eigenvalue weighted by atomic mass is 9.85. The molecule has 3 amide bonds. The van der Waals surface area contributed by atoms with Crippen molar-refractivity contribution in [1.29, 1.82) is 0 Å². The van der Waals surface area contributed by atoms with Crippen LogP contribution >= 0.6 is 22.9 Å². The number of likely N-dealkylation sites (tertiary alicyclic amines) is 1.